The smallest absolute Gasteiger partial charge is 0.455 e. The third-order valence-corrected chi connectivity index (χ3v) is 9.30. The lowest BCUT2D eigenvalue weighted by Gasteiger charge is -2.43. The van der Waals surface area contributed by atoms with Crippen LogP contribution in [0.2, 0.25) is 6.32 Å². The van der Waals surface area contributed by atoms with Gasteiger partial charge >= 0.3 is 7.12 Å². The number of benzene rings is 1. The Morgan fingerprint density at radius 3 is 2.55 bits per heavy atom. The Morgan fingerprint density at radius 2 is 1.84 bits per heavy atom. The van der Waals surface area contributed by atoms with E-state index in [-0.39, 0.29) is 47.5 Å². The van der Waals surface area contributed by atoms with Gasteiger partial charge in [-0.15, -0.1) is 0 Å². The van der Waals surface area contributed by atoms with Crippen molar-refractivity contribution in [3.63, 3.8) is 0 Å². The number of rotatable bonds is 8. The van der Waals surface area contributed by atoms with Gasteiger partial charge in [-0.25, -0.2) is 0 Å². The maximum atomic E-state index is 13.8. The Morgan fingerprint density at radius 1 is 1.08 bits per heavy atom. The number of nitrogens with zero attached hydrogens (tertiary/aromatic N) is 1. The molecule has 0 radical (unpaired) electrons. The Labute approximate surface area is 227 Å². The van der Waals surface area contributed by atoms with Crippen LogP contribution in [0.1, 0.15) is 90.0 Å². The van der Waals surface area contributed by atoms with Crippen molar-refractivity contribution in [1.82, 2.24) is 4.90 Å². The summed E-state index contributed by atoms with van der Waals surface area (Å²) in [4.78, 5) is 29.1. The highest BCUT2D eigenvalue weighted by molar-refractivity contribution is 6.43. The predicted molar refractivity (Wildman–Crippen MR) is 149 cm³/mol. The molecule has 204 valence electrons. The molecule has 4 aliphatic rings. The van der Waals surface area contributed by atoms with E-state index >= 15 is 0 Å². The number of carbonyl (C=O) groups is 2. The van der Waals surface area contributed by atoms with Gasteiger partial charge in [-0.05, 0) is 68.8 Å². The van der Waals surface area contributed by atoms with Gasteiger partial charge in [0.2, 0.25) is 11.8 Å². The first kappa shape index (κ1) is 27.2. The second kappa shape index (κ2) is 11.8. The lowest BCUT2D eigenvalue weighted by Crippen LogP contribution is -2.46. The standard InChI is InChI=1S/C31H42BNO5/c1-3-10-20(17-22-11-8-9-14-26(22)34)15-16-27-28-21(4-2)18-24-29(25(28)19-32(37)38-27)31(36)33(30(24)35)23-12-6-5-7-13-23/h8-9,11,14,17,23-25,27,29,34,37H,3-7,10,12-13,15-16,18-19H2,1-2H3/b20-17+/t24-,25+,27-,29-/m1/s1. The molecule has 5 rings (SSSR count). The van der Waals surface area contributed by atoms with Gasteiger partial charge in [-0.2, -0.15) is 0 Å². The number of hydrogen-bond donors (Lipinski definition) is 2. The highest BCUT2D eigenvalue weighted by Crippen LogP contribution is 2.52. The molecule has 0 aromatic heterocycles. The number of fused-ring (bicyclic) bond motifs is 3. The summed E-state index contributed by atoms with van der Waals surface area (Å²) in [5.74, 6) is -0.529. The van der Waals surface area contributed by atoms with Crippen LogP contribution in [0.15, 0.2) is 41.0 Å². The highest BCUT2D eigenvalue weighted by atomic mass is 16.5. The monoisotopic (exact) mass is 519 g/mol. The van der Waals surface area contributed by atoms with E-state index in [1.807, 2.05) is 18.2 Å². The molecule has 38 heavy (non-hydrogen) atoms. The Hall–Kier alpha value is -2.38. The van der Waals surface area contributed by atoms with E-state index in [9.17, 15) is 19.7 Å². The summed E-state index contributed by atoms with van der Waals surface area (Å²) in [6.45, 7) is 4.28. The van der Waals surface area contributed by atoms with E-state index in [1.165, 1.54) is 23.1 Å². The molecule has 0 bridgehead atoms. The fourth-order valence-electron chi connectivity index (χ4n) is 7.56. The first-order chi connectivity index (χ1) is 18.4. The van der Waals surface area contributed by atoms with Crippen LogP contribution in [0.3, 0.4) is 0 Å². The zero-order chi connectivity index (χ0) is 26.8. The molecule has 2 aliphatic heterocycles. The number of para-hydroxylation sites is 1. The lowest BCUT2D eigenvalue weighted by molar-refractivity contribution is -0.143. The molecular weight excluding hydrogens is 477 g/mol. The number of aromatic hydroxyl groups is 1. The van der Waals surface area contributed by atoms with E-state index < -0.39 is 7.12 Å². The van der Waals surface area contributed by atoms with Crippen LogP contribution in [-0.4, -0.2) is 46.1 Å². The summed E-state index contributed by atoms with van der Waals surface area (Å²) in [5.41, 5.74) is 4.45. The molecule has 3 fully saturated rings. The van der Waals surface area contributed by atoms with Crippen molar-refractivity contribution >= 4 is 25.0 Å². The van der Waals surface area contributed by atoms with Crippen molar-refractivity contribution in [2.45, 2.75) is 103 Å². The third kappa shape index (κ3) is 5.24. The second-order valence-electron chi connectivity index (χ2n) is 11.7. The van der Waals surface area contributed by atoms with E-state index in [0.717, 1.165) is 56.9 Å². The zero-order valence-corrected chi connectivity index (χ0v) is 22.9. The number of amides is 2. The van der Waals surface area contributed by atoms with Gasteiger partial charge in [0, 0.05) is 11.6 Å². The number of imide groups is 1. The highest BCUT2D eigenvalue weighted by Gasteiger charge is 2.58. The van der Waals surface area contributed by atoms with Crippen molar-refractivity contribution in [3.8, 4) is 5.75 Å². The van der Waals surface area contributed by atoms with Crippen molar-refractivity contribution in [2.24, 2.45) is 17.8 Å². The first-order valence-electron chi connectivity index (χ1n) is 14.8. The summed E-state index contributed by atoms with van der Waals surface area (Å²) in [6.07, 6.45) is 12.2. The SMILES string of the molecule is CCC/C(=C\c1ccccc1O)CC[C@H]1OB(O)C[C@H]2C1=C(CC)C[C@H]1C(=O)N(C3CCCCC3)C(=O)[C@H]12. The minimum atomic E-state index is -0.936. The Kier molecular flexibility index (Phi) is 8.44. The van der Waals surface area contributed by atoms with Crippen LogP contribution in [-0.2, 0) is 14.2 Å². The Balaban J connectivity index is 1.40. The van der Waals surface area contributed by atoms with Crippen molar-refractivity contribution in [1.29, 1.82) is 0 Å². The van der Waals surface area contributed by atoms with Gasteiger partial charge in [-0.3, -0.25) is 14.5 Å². The molecule has 1 aromatic rings. The molecule has 0 spiro atoms. The summed E-state index contributed by atoms with van der Waals surface area (Å²) < 4.78 is 6.16. The maximum Gasteiger partial charge on any atom is 0.455 e. The van der Waals surface area contributed by atoms with Crippen LogP contribution in [0.25, 0.3) is 6.08 Å². The van der Waals surface area contributed by atoms with Crippen LogP contribution >= 0.6 is 0 Å². The summed E-state index contributed by atoms with van der Waals surface area (Å²) in [7, 11) is -0.936. The number of phenolic OH excluding ortho intramolecular Hbond substituents is 1. The zero-order valence-electron chi connectivity index (χ0n) is 22.9. The van der Waals surface area contributed by atoms with Gasteiger partial charge < -0.3 is 14.8 Å². The van der Waals surface area contributed by atoms with Gasteiger partial charge in [0.15, 0.2) is 0 Å². The number of phenols is 1. The largest absolute Gasteiger partial charge is 0.507 e. The van der Waals surface area contributed by atoms with E-state index in [0.29, 0.717) is 19.2 Å². The molecule has 2 aliphatic carbocycles. The average Bonchev–Trinajstić information content (AvgIpc) is 3.17. The van der Waals surface area contributed by atoms with Gasteiger partial charge in [0.05, 0.1) is 17.9 Å². The number of carbonyl (C=O) groups excluding carboxylic acids is 2. The van der Waals surface area contributed by atoms with Gasteiger partial charge in [-0.1, -0.05) is 75.0 Å². The maximum absolute atomic E-state index is 13.8. The molecule has 1 saturated carbocycles. The minimum Gasteiger partial charge on any atom is -0.507 e. The topological polar surface area (TPSA) is 87.1 Å². The van der Waals surface area contributed by atoms with Crippen LogP contribution in [0.4, 0.5) is 0 Å². The molecule has 2 saturated heterocycles. The molecule has 2 N–H and O–H groups in total. The van der Waals surface area contributed by atoms with Crippen LogP contribution < -0.4 is 0 Å². The summed E-state index contributed by atoms with van der Waals surface area (Å²) >= 11 is 0. The van der Waals surface area contributed by atoms with Gasteiger partial charge in [0.25, 0.3) is 0 Å². The summed E-state index contributed by atoms with van der Waals surface area (Å²) in [6, 6.07) is 7.41. The normalized spacial score (nSPS) is 28.7. The molecule has 1 aromatic carbocycles. The molecule has 7 heteroatoms. The lowest BCUT2D eigenvalue weighted by atomic mass is 9.58. The number of hydrogen-bond acceptors (Lipinski definition) is 5. The predicted octanol–water partition coefficient (Wildman–Crippen LogP) is 5.90. The minimum absolute atomic E-state index is 0.0106. The molecule has 0 unspecified atom stereocenters. The molecule has 6 nitrogen and oxygen atoms in total. The fraction of sp³-hybridized carbons (Fsp3) is 0.613. The van der Waals surface area contributed by atoms with E-state index in [1.54, 1.807) is 11.0 Å². The van der Waals surface area contributed by atoms with Crippen LogP contribution in [0.5, 0.6) is 5.75 Å². The molecular formula is C31H42BNO5. The fourth-order valence-corrected chi connectivity index (χ4v) is 7.56. The van der Waals surface area contributed by atoms with E-state index in [2.05, 4.69) is 19.9 Å². The van der Waals surface area contributed by atoms with Crippen molar-refractivity contribution in [3.05, 3.63) is 46.5 Å². The quantitative estimate of drug-likeness (QED) is 0.254. The number of likely N-dealkylation sites (tertiary alicyclic amines) is 1. The average molecular weight is 519 g/mol. The van der Waals surface area contributed by atoms with Crippen LogP contribution in [0, 0.1) is 17.8 Å². The molecule has 2 amide bonds. The Bertz CT molecular complexity index is 1110. The summed E-state index contributed by atoms with van der Waals surface area (Å²) in [5, 5.41) is 21.1. The third-order valence-electron chi connectivity index (χ3n) is 9.30. The van der Waals surface area contributed by atoms with Gasteiger partial charge in [0.1, 0.15) is 5.75 Å². The number of allylic oxidation sites excluding steroid dienone is 2. The van der Waals surface area contributed by atoms with Crippen molar-refractivity contribution in [2.75, 3.05) is 0 Å². The second-order valence-corrected chi connectivity index (χ2v) is 11.7. The first-order valence-corrected chi connectivity index (χ1v) is 14.8. The van der Waals surface area contributed by atoms with Crippen molar-refractivity contribution < 1.29 is 24.4 Å². The molecule has 2 heterocycles. The molecule has 4 atom stereocenters. The van der Waals surface area contributed by atoms with E-state index in [4.69, 9.17) is 4.65 Å².